The van der Waals surface area contributed by atoms with E-state index in [9.17, 15) is 4.79 Å². The molecule has 3 rings (SSSR count). The van der Waals surface area contributed by atoms with E-state index in [0.717, 1.165) is 18.2 Å². The quantitative estimate of drug-likeness (QED) is 0.869. The first kappa shape index (κ1) is 16.5. The maximum absolute atomic E-state index is 12.3. The molecule has 1 amide bonds. The van der Waals surface area contributed by atoms with Gasteiger partial charge in [0, 0.05) is 26.2 Å². The van der Waals surface area contributed by atoms with Gasteiger partial charge in [-0.15, -0.1) is 0 Å². The molecular formula is C18H21N3O2S. The summed E-state index contributed by atoms with van der Waals surface area (Å²) in [5.41, 5.74) is 1.20. The molecule has 0 radical (unpaired) electrons. The van der Waals surface area contributed by atoms with Crippen LogP contribution in [-0.2, 0) is 0 Å². The highest BCUT2D eigenvalue weighted by molar-refractivity contribution is 7.80. The van der Waals surface area contributed by atoms with E-state index in [-0.39, 0.29) is 11.9 Å². The van der Waals surface area contributed by atoms with Crippen LogP contribution < -0.4 is 5.32 Å². The fourth-order valence-corrected chi connectivity index (χ4v) is 3.13. The summed E-state index contributed by atoms with van der Waals surface area (Å²) in [7, 11) is 0. The highest BCUT2D eigenvalue weighted by atomic mass is 32.1. The minimum atomic E-state index is -0.0591. The highest BCUT2D eigenvalue weighted by Gasteiger charge is 2.25. The predicted octanol–water partition coefficient (Wildman–Crippen LogP) is 2.67. The second-order valence-electron chi connectivity index (χ2n) is 5.84. The molecule has 126 valence electrons. The zero-order valence-corrected chi connectivity index (χ0v) is 14.5. The zero-order valence-electron chi connectivity index (χ0n) is 13.6. The van der Waals surface area contributed by atoms with Gasteiger partial charge in [0.25, 0.3) is 5.91 Å². The first-order chi connectivity index (χ1) is 11.6. The summed E-state index contributed by atoms with van der Waals surface area (Å²) in [6, 6.07) is 13.8. The second kappa shape index (κ2) is 7.49. The monoisotopic (exact) mass is 343 g/mol. The van der Waals surface area contributed by atoms with Crippen molar-refractivity contribution < 1.29 is 9.21 Å². The van der Waals surface area contributed by atoms with Crippen molar-refractivity contribution in [1.29, 1.82) is 0 Å². The SMILES string of the molecule is CC(NC(=S)N1CCN(C(=O)c2ccco2)CC1)c1ccccc1. The summed E-state index contributed by atoms with van der Waals surface area (Å²) in [6.45, 7) is 4.82. The lowest BCUT2D eigenvalue weighted by molar-refractivity contribution is 0.0659. The van der Waals surface area contributed by atoms with Gasteiger partial charge in [0.2, 0.25) is 0 Å². The molecule has 2 heterocycles. The molecule has 24 heavy (non-hydrogen) atoms. The number of amides is 1. The largest absolute Gasteiger partial charge is 0.459 e. The van der Waals surface area contributed by atoms with Crippen molar-refractivity contribution in [3.05, 3.63) is 60.1 Å². The molecule has 0 saturated carbocycles. The molecule has 6 heteroatoms. The maximum Gasteiger partial charge on any atom is 0.289 e. The van der Waals surface area contributed by atoms with Crippen LogP contribution in [-0.4, -0.2) is 47.0 Å². The molecule has 1 saturated heterocycles. The van der Waals surface area contributed by atoms with Gasteiger partial charge in [0.15, 0.2) is 10.9 Å². The molecule has 1 unspecified atom stereocenters. The zero-order chi connectivity index (χ0) is 16.9. The van der Waals surface area contributed by atoms with Crippen molar-refractivity contribution >= 4 is 23.2 Å². The van der Waals surface area contributed by atoms with Crippen LogP contribution in [0.1, 0.15) is 29.1 Å². The summed E-state index contributed by atoms with van der Waals surface area (Å²) < 4.78 is 5.18. The summed E-state index contributed by atoms with van der Waals surface area (Å²) in [6.07, 6.45) is 1.52. The van der Waals surface area contributed by atoms with E-state index in [1.54, 1.807) is 17.0 Å². The number of thiocarbonyl (C=S) groups is 1. The summed E-state index contributed by atoms with van der Waals surface area (Å²) in [5, 5.41) is 4.11. The third-order valence-corrected chi connectivity index (χ3v) is 4.60. The number of nitrogens with one attached hydrogen (secondary N) is 1. The number of hydrogen-bond donors (Lipinski definition) is 1. The summed E-state index contributed by atoms with van der Waals surface area (Å²) >= 11 is 5.53. The van der Waals surface area contributed by atoms with Gasteiger partial charge < -0.3 is 19.5 Å². The second-order valence-corrected chi connectivity index (χ2v) is 6.23. The van der Waals surface area contributed by atoms with Gasteiger partial charge in [-0.2, -0.15) is 0 Å². The van der Waals surface area contributed by atoms with Crippen molar-refractivity contribution in [3.63, 3.8) is 0 Å². The molecule has 1 N–H and O–H groups in total. The van der Waals surface area contributed by atoms with E-state index in [2.05, 4.69) is 29.3 Å². The van der Waals surface area contributed by atoms with E-state index in [0.29, 0.717) is 18.8 Å². The fraction of sp³-hybridized carbons (Fsp3) is 0.333. The van der Waals surface area contributed by atoms with E-state index >= 15 is 0 Å². The lowest BCUT2D eigenvalue weighted by Gasteiger charge is -2.36. The number of rotatable bonds is 3. The van der Waals surface area contributed by atoms with Gasteiger partial charge in [-0.3, -0.25) is 4.79 Å². The Morgan fingerprint density at radius 1 is 1.08 bits per heavy atom. The van der Waals surface area contributed by atoms with Crippen LogP contribution in [0.2, 0.25) is 0 Å². The van der Waals surface area contributed by atoms with Crippen LogP contribution in [0.25, 0.3) is 0 Å². The number of carbonyl (C=O) groups is 1. The Hall–Kier alpha value is -2.34. The van der Waals surface area contributed by atoms with Gasteiger partial charge in [0.1, 0.15) is 0 Å². The lowest BCUT2D eigenvalue weighted by atomic mass is 10.1. The molecule has 1 aliphatic heterocycles. The molecular weight excluding hydrogens is 322 g/mol. The van der Waals surface area contributed by atoms with E-state index in [1.807, 2.05) is 18.2 Å². The third-order valence-electron chi connectivity index (χ3n) is 4.23. The number of carbonyl (C=O) groups excluding carboxylic acids is 1. The molecule has 1 fully saturated rings. The number of hydrogen-bond acceptors (Lipinski definition) is 3. The van der Waals surface area contributed by atoms with Crippen LogP contribution in [0, 0.1) is 0 Å². The van der Waals surface area contributed by atoms with Gasteiger partial charge in [-0.1, -0.05) is 30.3 Å². The highest BCUT2D eigenvalue weighted by Crippen LogP contribution is 2.13. The fourth-order valence-electron chi connectivity index (χ4n) is 2.77. The smallest absolute Gasteiger partial charge is 0.289 e. The maximum atomic E-state index is 12.3. The summed E-state index contributed by atoms with van der Waals surface area (Å²) in [5.74, 6) is 0.332. The van der Waals surface area contributed by atoms with Crippen LogP contribution in [0.3, 0.4) is 0 Å². The lowest BCUT2D eigenvalue weighted by Crippen LogP contribution is -2.53. The Balaban J connectivity index is 1.51. The minimum Gasteiger partial charge on any atom is -0.459 e. The van der Waals surface area contributed by atoms with Crippen LogP contribution >= 0.6 is 12.2 Å². The van der Waals surface area contributed by atoms with Gasteiger partial charge in [-0.25, -0.2) is 0 Å². The van der Waals surface area contributed by atoms with Crippen molar-refractivity contribution in [2.24, 2.45) is 0 Å². The third kappa shape index (κ3) is 3.76. The van der Waals surface area contributed by atoms with Crippen molar-refractivity contribution in [2.75, 3.05) is 26.2 Å². The topological polar surface area (TPSA) is 48.7 Å². The molecule has 0 bridgehead atoms. The predicted molar refractivity (Wildman–Crippen MR) is 96.8 cm³/mol. The van der Waals surface area contributed by atoms with E-state index in [4.69, 9.17) is 16.6 Å². The number of nitrogens with zero attached hydrogens (tertiary/aromatic N) is 2. The Kier molecular flexibility index (Phi) is 5.15. The molecule has 1 aliphatic rings. The van der Waals surface area contributed by atoms with Gasteiger partial charge >= 0.3 is 0 Å². The Morgan fingerprint density at radius 2 is 1.75 bits per heavy atom. The Labute approximate surface area is 147 Å². The molecule has 5 nitrogen and oxygen atoms in total. The number of benzene rings is 1. The van der Waals surface area contributed by atoms with Crippen molar-refractivity contribution in [1.82, 2.24) is 15.1 Å². The standard InChI is InChI=1S/C18H21N3O2S/c1-14(15-6-3-2-4-7-15)19-18(24)21-11-9-20(10-12-21)17(22)16-8-5-13-23-16/h2-8,13-14H,9-12H2,1H3,(H,19,24). The first-order valence-electron chi connectivity index (χ1n) is 8.08. The van der Waals surface area contributed by atoms with Crippen LogP contribution in [0.4, 0.5) is 0 Å². The Morgan fingerprint density at radius 3 is 2.38 bits per heavy atom. The average molecular weight is 343 g/mol. The van der Waals surface area contributed by atoms with Crippen molar-refractivity contribution in [3.8, 4) is 0 Å². The van der Waals surface area contributed by atoms with Gasteiger partial charge in [0.05, 0.1) is 12.3 Å². The first-order valence-corrected chi connectivity index (χ1v) is 8.49. The van der Waals surface area contributed by atoms with Gasteiger partial charge in [-0.05, 0) is 36.8 Å². The van der Waals surface area contributed by atoms with Crippen molar-refractivity contribution in [2.45, 2.75) is 13.0 Å². The molecule has 1 atom stereocenters. The molecule has 2 aromatic rings. The van der Waals surface area contributed by atoms with E-state index in [1.165, 1.54) is 11.8 Å². The normalized spacial score (nSPS) is 15.9. The number of piperazine rings is 1. The average Bonchev–Trinajstić information content (AvgIpc) is 3.16. The molecule has 0 spiro atoms. The van der Waals surface area contributed by atoms with E-state index < -0.39 is 0 Å². The number of furan rings is 1. The minimum absolute atomic E-state index is 0.0591. The molecule has 1 aromatic heterocycles. The van der Waals surface area contributed by atoms with Crippen LogP contribution in [0.5, 0.6) is 0 Å². The van der Waals surface area contributed by atoms with Crippen LogP contribution in [0.15, 0.2) is 53.1 Å². The summed E-state index contributed by atoms with van der Waals surface area (Å²) in [4.78, 5) is 16.2. The Bertz CT molecular complexity index is 680. The molecule has 0 aliphatic carbocycles. The molecule has 1 aromatic carbocycles.